The Morgan fingerprint density at radius 1 is 1.32 bits per heavy atom. The maximum atomic E-state index is 12.2. The minimum Gasteiger partial charge on any atom is -0.354 e. The van der Waals surface area contributed by atoms with Gasteiger partial charge in [0.15, 0.2) is 0 Å². The summed E-state index contributed by atoms with van der Waals surface area (Å²) in [5.74, 6) is 1.21. The van der Waals surface area contributed by atoms with E-state index >= 15 is 0 Å². The third kappa shape index (κ3) is 2.87. The molecular weight excluding hydrogens is 266 g/mol. The van der Waals surface area contributed by atoms with Gasteiger partial charge in [0.25, 0.3) is 0 Å². The Morgan fingerprint density at radius 2 is 2.05 bits per heavy atom. The van der Waals surface area contributed by atoms with Crippen LogP contribution in [0.25, 0.3) is 0 Å². The van der Waals surface area contributed by atoms with Crippen LogP contribution in [0.2, 0.25) is 0 Å². The molecule has 2 heterocycles. The highest BCUT2D eigenvalue weighted by molar-refractivity contribution is 5.88. The van der Waals surface area contributed by atoms with Crippen LogP contribution in [0.5, 0.6) is 0 Å². The van der Waals surface area contributed by atoms with Crippen molar-refractivity contribution in [2.24, 2.45) is 11.8 Å². The highest BCUT2D eigenvalue weighted by Gasteiger charge is 2.47. The van der Waals surface area contributed by atoms with Gasteiger partial charge in [-0.25, -0.2) is 0 Å². The molecule has 2 N–H and O–H groups in total. The fourth-order valence-electron chi connectivity index (χ4n) is 3.29. The van der Waals surface area contributed by atoms with Gasteiger partial charge in [-0.3, -0.25) is 9.59 Å². The SMILES string of the molecule is CC(=O)N1[C@@H]2CNC[C@@H]2C[C@H]1C(=O)NCC1CC1.Cl. The molecule has 19 heavy (non-hydrogen) atoms. The summed E-state index contributed by atoms with van der Waals surface area (Å²) in [6, 6.07) is -0.0162. The molecule has 0 spiro atoms. The van der Waals surface area contributed by atoms with Gasteiger partial charge >= 0.3 is 0 Å². The highest BCUT2D eigenvalue weighted by atomic mass is 35.5. The van der Waals surface area contributed by atoms with Crippen LogP contribution in [-0.2, 0) is 9.59 Å². The fraction of sp³-hybridized carbons (Fsp3) is 0.846. The minimum atomic E-state index is -0.238. The molecule has 1 saturated carbocycles. The van der Waals surface area contributed by atoms with Crippen molar-refractivity contribution in [1.29, 1.82) is 0 Å². The van der Waals surface area contributed by atoms with Crippen molar-refractivity contribution >= 4 is 24.2 Å². The third-order valence-electron chi connectivity index (χ3n) is 4.45. The Bertz CT molecular complexity index is 373. The average molecular weight is 288 g/mol. The van der Waals surface area contributed by atoms with E-state index in [-0.39, 0.29) is 36.3 Å². The molecule has 6 heteroatoms. The molecule has 3 aliphatic rings. The molecule has 0 aromatic heterocycles. The number of hydrogen-bond acceptors (Lipinski definition) is 3. The first kappa shape index (κ1) is 14.6. The first-order valence-corrected chi connectivity index (χ1v) is 6.94. The van der Waals surface area contributed by atoms with Crippen molar-refractivity contribution in [3.63, 3.8) is 0 Å². The molecule has 3 atom stereocenters. The molecule has 2 amide bonds. The van der Waals surface area contributed by atoms with E-state index in [1.165, 1.54) is 12.8 Å². The standard InChI is InChI=1S/C13H21N3O2.ClH/c1-8(17)16-11(4-10-6-14-7-12(10)16)13(18)15-5-9-2-3-9;/h9-12,14H,2-7H2,1H3,(H,15,18);1H/t10-,11-,12+;/m0./s1. The van der Waals surface area contributed by atoms with Crippen molar-refractivity contribution in [2.75, 3.05) is 19.6 Å². The molecule has 2 saturated heterocycles. The molecule has 3 fully saturated rings. The Kier molecular flexibility index (Phi) is 4.36. The molecule has 108 valence electrons. The van der Waals surface area contributed by atoms with E-state index in [9.17, 15) is 9.59 Å². The molecule has 0 bridgehead atoms. The maximum absolute atomic E-state index is 12.2. The number of halogens is 1. The molecule has 0 aromatic rings. The zero-order chi connectivity index (χ0) is 12.7. The summed E-state index contributed by atoms with van der Waals surface area (Å²) in [4.78, 5) is 25.8. The average Bonchev–Trinajstić information content (AvgIpc) is 2.91. The largest absolute Gasteiger partial charge is 0.354 e. The summed E-state index contributed by atoms with van der Waals surface area (Å²) in [5.41, 5.74) is 0. The van der Waals surface area contributed by atoms with Crippen LogP contribution in [0, 0.1) is 11.8 Å². The number of likely N-dealkylation sites (tertiary alicyclic amines) is 1. The van der Waals surface area contributed by atoms with E-state index in [1.54, 1.807) is 11.8 Å². The summed E-state index contributed by atoms with van der Waals surface area (Å²) in [5, 5.41) is 6.31. The number of nitrogens with zero attached hydrogens (tertiary/aromatic N) is 1. The molecule has 5 nitrogen and oxygen atoms in total. The van der Waals surface area contributed by atoms with Crippen LogP contribution in [0.1, 0.15) is 26.2 Å². The minimum absolute atomic E-state index is 0. The van der Waals surface area contributed by atoms with Crippen molar-refractivity contribution in [2.45, 2.75) is 38.3 Å². The molecule has 0 unspecified atom stereocenters. The monoisotopic (exact) mass is 287 g/mol. The predicted octanol–water partition coefficient (Wildman–Crippen LogP) is 0.143. The van der Waals surface area contributed by atoms with E-state index < -0.39 is 0 Å². The fourth-order valence-corrected chi connectivity index (χ4v) is 3.29. The first-order valence-electron chi connectivity index (χ1n) is 6.94. The molecule has 0 aromatic carbocycles. The molecule has 3 rings (SSSR count). The molecule has 1 aliphatic carbocycles. The second-order valence-electron chi connectivity index (χ2n) is 5.85. The Labute approximate surface area is 119 Å². The first-order chi connectivity index (χ1) is 8.66. The van der Waals surface area contributed by atoms with Crippen molar-refractivity contribution in [3.8, 4) is 0 Å². The van der Waals surface area contributed by atoms with Gasteiger partial charge in [-0.1, -0.05) is 0 Å². The summed E-state index contributed by atoms with van der Waals surface area (Å²) in [6.07, 6.45) is 3.28. The van der Waals surface area contributed by atoms with Crippen LogP contribution in [0.15, 0.2) is 0 Å². The van der Waals surface area contributed by atoms with Crippen molar-refractivity contribution in [1.82, 2.24) is 15.5 Å². The van der Waals surface area contributed by atoms with Gasteiger partial charge in [0.1, 0.15) is 6.04 Å². The summed E-state index contributed by atoms with van der Waals surface area (Å²) < 4.78 is 0. The second-order valence-corrected chi connectivity index (χ2v) is 5.85. The van der Waals surface area contributed by atoms with Crippen LogP contribution in [-0.4, -0.2) is 48.4 Å². The van der Waals surface area contributed by atoms with E-state index in [0.29, 0.717) is 11.8 Å². The quantitative estimate of drug-likeness (QED) is 0.776. The van der Waals surface area contributed by atoms with Gasteiger partial charge in [0.05, 0.1) is 0 Å². The number of hydrogen-bond donors (Lipinski definition) is 2. The van der Waals surface area contributed by atoms with Gasteiger partial charge < -0.3 is 15.5 Å². The zero-order valence-electron chi connectivity index (χ0n) is 11.2. The predicted molar refractivity (Wildman–Crippen MR) is 74.1 cm³/mol. The van der Waals surface area contributed by atoms with E-state index in [4.69, 9.17) is 0 Å². The lowest BCUT2D eigenvalue weighted by Gasteiger charge is -2.27. The topological polar surface area (TPSA) is 61.4 Å². The van der Waals surface area contributed by atoms with Gasteiger partial charge in [-0.05, 0) is 31.1 Å². The number of carbonyl (C=O) groups is 2. The van der Waals surface area contributed by atoms with Gasteiger partial charge in [0, 0.05) is 32.6 Å². The molecule has 2 aliphatic heterocycles. The van der Waals surface area contributed by atoms with Gasteiger partial charge in [-0.2, -0.15) is 0 Å². The normalized spacial score (nSPS) is 32.7. The van der Waals surface area contributed by atoms with E-state index in [0.717, 1.165) is 26.1 Å². The number of amides is 2. The molecule has 0 radical (unpaired) electrons. The van der Waals surface area contributed by atoms with Crippen LogP contribution < -0.4 is 10.6 Å². The zero-order valence-corrected chi connectivity index (χ0v) is 12.0. The Morgan fingerprint density at radius 3 is 2.68 bits per heavy atom. The smallest absolute Gasteiger partial charge is 0.242 e. The highest BCUT2D eigenvalue weighted by Crippen LogP contribution is 2.33. The molecular formula is C13H22ClN3O2. The van der Waals surface area contributed by atoms with Crippen molar-refractivity contribution in [3.05, 3.63) is 0 Å². The Hall–Kier alpha value is -0.810. The van der Waals surface area contributed by atoms with E-state index in [1.807, 2.05) is 0 Å². The third-order valence-corrected chi connectivity index (χ3v) is 4.45. The second kappa shape index (κ2) is 5.67. The van der Waals surface area contributed by atoms with Crippen molar-refractivity contribution < 1.29 is 9.59 Å². The summed E-state index contributed by atoms with van der Waals surface area (Å²) >= 11 is 0. The lowest BCUT2D eigenvalue weighted by atomic mass is 10.0. The Balaban J connectivity index is 0.00000133. The summed E-state index contributed by atoms with van der Waals surface area (Å²) in [6.45, 7) is 4.12. The lowest BCUT2D eigenvalue weighted by Crippen LogP contribution is -2.49. The van der Waals surface area contributed by atoms with Gasteiger partial charge in [0.2, 0.25) is 11.8 Å². The maximum Gasteiger partial charge on any atom is 0.242 e. The lowest BCUT2D eigenvalue weighted by molar-refractivity contribution is -0.138. The number of rotatable bonds is 3. The van der Waals surface area contributed by atoms with Crippen LogP contribution in [0.4, 0.5) is 0 Å². The number of fused-ring (bicyclic) bond motifs is 1. The van der Waals surface area contributed by atoms with Crippen LogP contribution in [0.3, 0.4) is 0 Å². The van der Waals surface area contributed by atoms with E-state index in [2.05, 4.69) is 10.6 Å². The summed E-state index contributed by atoms with van der Waals surface area (Å²) in [7, 11) is 0. The van der Waals surface area contributed by atoms with Gasteiger partial charge in [-0.15, -0.1) is 12.4 Å². The number of nitrogens with one attached hydrogen (secondary N) is 2. The van der Waals surface area contributed by atoms with Crippen LogP contribution >= 0.6 is 12.4 Å². The number of carbonyl (C=O) groups excluding carboxylic acids is 2.